The summed E-state index contributed by atoms with van der Waals surface area (Å²) in [6, 6.07) is 4.86. The average molecular weight is 219 g/mol. The SMILES string of the molecule is COC(=O)c1cccc(C#CC(C)(C)O)n1. The Hall–Kier alpha value is -1.86. The van der Waals surface area contributed by atoms with Crippen LogP contribution in [-0.2, 0) is 4.74 Å². The molecule has 0 amide bonds. The molecule has 1 N–H and O–H groups in total. The first-order valence-corrected chi connectivity index (χ1v) is 4.73. The van der Waals surface area contributed by atoms with Crippen LogP contribution in [0.25, 0.3) is 0 Å². The highest BCUT2D eigenvalue weighted by atomic mass is 16.5. The predicted octanol–water partition coefficient (Wildman–Crippen LogP) is 0.991. The Labute approximate surface area is 94.3 Å². The van der Waals surface area contributed by atoms with Gasteiger partial charge in [-0.05, 0) is 31.9 Å². The number of hydrogen-bond donors (Lipinski definition) is 1. The molecule has 0 aliphatic carbocycles. The van der Waals surface area contributed by atoms with Crippen LogP contribution in [0.3, 0.4) is 0 Å². The lowest BCUT2D eigenvalue weighted by atomic mass is 10.1. The highest BCUT2D eigenvalue weighted by molar-refractivity contribution is 5.87. The quantitative estimate of drug-likeness (QED) is 0.565. The van der Waals surface area contributed by atoms with Crippen molar-refractivity contribution in [1.29, 1.82) is 0 Å². The largest absolute Gasteiger partial charge is 0.464 e. The molecule has 1 rings (SSSR count). The maximum absolute atomic E-state index is 11.2. The van der Waals surface area contributed by atoms with Crippen LogP contribution in [0.15, 0.2) is 18.2 Å². The van der Waals surface area contributed by atoms with Gasteiger partial charge >= 0.3 is 5.97 Å². The summed E-state index contributed by atoms with van der Waals surface area (Å²) in [6.07, 6.45) is 0. The number of pyridine rings is 1. The minimum atomic E-state index is -1.08. The molecule has 1 aromatic rings. The van der Waals surface area contributed by atoms with E-state index in [1.54, 1.807) is 32.0 Å². The first-order chi connectivity index (χ1) is 7.42. The third-order valence-corrected chi connectivity index (χ3v) is 1.64. The van der Waals surface area contributed by atoms with Gasteiger partial charge in [-0.15, -0.1) is 0 Å². The van der Waals surface area contributed by atoms with Crippen molar-refractivity contribution < 1.29 is 14.6 Å². The number of esters is 1. The molecule has 0 fully saturated rings. The van der Waals surface area contributed by atoms with Crippen molar-refractivity contribution in [3.8, 4) is 11.8 Å². The summed E-state index contributed by atoms with van der Waals surface area (Å²) in [5, 5.41) is 9.41. The van der Waals surface area contributed by atoms with Crippen LogP contribution in [0.2, 0.25) is 0 Å². The smallest absolute Gasteiger partial charge is 0.356 e. The number of hydrogen-bond acceptors (Lipinski definition) is 4. The lowest BCUT2D eigenvalue weighted by Gasteiger charge is -2.05. The number of rotatable bonds is 1. The Morgan fingerprint density at radius 2 is 2.19 bits per heavy atom. The Balaban J connectivity index is 2.99. The molecule has 4 heteroatoms. The van der Waals surface area contributed by atoms with Crippen molar-refractivity contribution in [2.24, 2.45) is 0 Å². The second-order valence-electron chi connectivity index (χ2n) is 3.71. The molecule has 16 heavy (non-hydrogen) atoms. The zero-order valence-corrected chi connectivity index (χ0v) is 9.44. The van der Waals surface area contributed by atoms with E-state index in [9.17, 15) is 9.90 Å². The summed E-state index contributed by atoms with van der Waals surface area (Å²) >= 11 is 0. The Morgan fingerprint density at radius 3 is 2.75 bits per heavy atom. The second-order valence-corrected chi connectivity index (χ2v) is 3.71. The summed E-state index contributed by atoms with van der Waals surface area (Å²) in [4.78, 5) is 15.2. The van der Waals surface area contributed by atoms with E-state index in [-0.39, 0.29) is 5.69 Å². The number of carbonyl (C=O) groups is 1. The molecule has 0 bridgehead atoms. The fraction of sp³-hybridized carbons (Fsp3) is 0.333. The van der Waals surface area contributed by atoms with E-state index in [2.05, 4.69) is 21.6 Å². The van der Waals surface area contributed by atoms with Crippen LogP contribution in [0, 0.1) is 11.8 Å². The van der Waals surface area contributed by atoms with Gasteiger partial charge < -0.3 is 9.84 Å². The lowest BCUT2D eigenvalue weighted by Crippen LogP contribution is -2.14. The first kappa shape index (κ1) is 12.2. The van der Waals surface area contributed by atoms with Crippen molar-refractivity contribution in [2.75, 3.05) is 7.11 Å². The van der Waals surface area contributed by atoms with E-state index in [1.807, 2.05) is 0 Å². The van der Waals surface area contributed by atoms with Crippen molar-refractivity contribution in [3.63, 3.8) is 0 Å². The van der Waals surface area contributed by atoms with Gasteiger partial charge in [0.05, 0.1) is 7.11 Å². The van der Waals surface area contributed by atoms with Crippen LogP contribution in [0.1, 0.15) is 30.0 Å². The summed E-state index contributed by atoms with van der Waals surface area (Å²) in [5.74, 6) is 4.79. The van der Waals surface area contributed by atoms with Gasteiger partial charge in [0.15, 0.2) is 0 Å². The molecule has 0 unspecified atom stereocenters. The van der Waals surface area contributed by atoms with Crippen molar-refractivity contribution in [3.05, 3.63) is 29.6 Å². The van der Waals surface area contributed by atoms with Crippen LogP contribution >= 0.6 is 0 Å². The van der Waals surface area contributed by atoms with Crippen molar-refractivity contribution >= 4 is 5.97 Å². The van der Waals surface area contributed by atoms with Crippen molar-refractivity contribution in [2.45, 2.75) is 19.4 Å². The fourth-order valence-electron chi connectivity index (χ4n) is 0.940. The molecule has 0 aliphatic heterocycles. The monoisotopic (exact) mass is 219 g/mol. The Morgan fingerprint density at radius 1 is 1.50 bits per heavy atom. The highest BCUT2D eigenvalue weighted by Gasteiger charge is 2.08. The molecular formula is C12H13NO3. The molecular weight excluding hydrogens is 206 g/mol. The van der Waals surface area contributed by atoms with Crippen LogP contribution in [0.4, 0.5) is 0 Å². The summed E-state index contributed by atoms with van der Waals surface area (Å²) in [7, 11) is 1.29. The molecule has 0 atom stereocenters. The standard InChI is InChI=1S/C12H13NO3/c1-12(2,15)8-7-9-5-4-6-10(13-9)11(14)16-3/h4-6,15H,1-3H3. The lowest BCUT2D eigenvalue weighted by molar-refractivity contribution is 0.0594. The van der Waals surface area contributed by atoms with E-state index < -0.39 is 11.6 Å². The molecule has 0 spiro atoms. The minimum Gasteiger partial charge on any atom is -0.464 e. The zero-order chi connectivity index (χ0) is 12.2. The molecule has 1 aromatic heterocycles. The Kier molecular flexibility index (Phi) is 3.64. The molecule has 0 saturated carbocycles. The normalized spacial score (nSPS) is 10.2. The first-order valence-electron chi connectivity index (χ1n) is 4.73. The molecule has 0 saturated heterocycles. The van der Waals surface area contributed by atoms with Gasteiger partial charge in [-0.1, -0.05) is 12.0 Å². The van der Waals surface area contributed by atoms with Crippen molar-refractivity contribution in [1.82, 2.24) is 4.98 Å². The number of nitrogens with zero attached hydrogens (tertiary/aromatic N) is 1. The van der Waals surface area contributed by atoms with Gasteiger partial charge in [0.1, 0.15) is 17.0 Å². The van der Waals surface area contributed by atoms with E-state index in [1.165, 1.54) is 7.11 Å². The van der Waals surface area contributed by atoms with E-state index >= 15 is 0 Å². The third kappa shape index (κ3) is 3.71. The number of aliphatic hydroxyl groups is 1. The zero-order valence-electron chi connectivity index (χ0n) is 9.44. The summed E-state index contributed by atoms with van der Waals surface area (Å²) in [6.45, 7) is 3.15. The van der Waals surface area contributed by atoms with Crippen LogP contribution < -0.4 is 0 Å². The summed E-state index contributed by atoms with van der Waals surface area (Å²) < 4.78 is 4.54. The number of methoxy groups -OCH3 is 1. The van der Waals surface area contributed by atoms with Gasteiger partial charge in [-0.3, -0.25) is 0 Å². The fourth-order valence-corrected chi connectivity index (χ4v) is 0.940. The predicted molar refractivity (Wildman–Crippen MR) is 58.8 cm³/mol. The number of ether oxygens (including phenoxy) is 1. The maximum Gasteiger partial charge on any atom is 0.356 e. The molecule has 4 nitrogen and oxygen atoms in total. The highest BCUT2D eigenvalue weighted by Crippen LogP contribution is 2.02. The van der Waals surface area contributed by atoms with Crippen LogP contribution in [-0.4, -0.2) is 28.8 Å². The molecule has 84 valence electrons. The van der Waals surface area contributed by atoms with Crippen LogP contribution in [0.5, 0.6) is 0 Å². The molecule has 0 radical (unpaired) electrons. The van der Waals surface area contributed by atoms with E-state index in [0.29, 0.717) is 5.69 Å². The van der Waals surface area contributed by atoms with E-state index in [4.69, 9.17) is 0 Å². The van der Waals surface area contributed by atoms with Gasteiger partial charge in [0, 0.05) is 0 Å². The van der Waals surface area contributed by atoms with E-state index in [0.717, 1.165) is 0 Å². The topological polar surface area (TPSA) is 59.4 Å². The van der Waals surface area contributed by atoms with Gasteiger partial charge in [0.2, 0.25) is 0 Å². The molecule has 0 aliphatic rings. The third-order valence-electron chi connectivity index (χ3n) is 1.64. The number of aromatic nitrogens is 1. The molecule has 0 aromatic carbocycles. The maximum atomic E-state index is 11.2. The molecule has 1 heterocycles. The van der Waals surface area contributed by atoms with Gasteiger partial charge in [-0.25, -0.2) is 9.78 Å². The summed E-state index contributed by atoms with van der Waals surface area (Å²) in [5.41, 5.74) is -0.460. The van der Waals surface area contributed by atoms with Gasteiger partial charge in [0.25, 0.3) is 0 Å². The Bertz CT molecular complexity index is 449. The number of carbonyl (C=O) groups excluding carboxylic acids is 1. The van der Waals surface area contributed by atoms with Gasteiger partial charge in [-0.2, -0.15) is 0 Å². The second kappa shape index (κ2) is 4.77. The average Bonchev–Trinajstić information content (AvgIpc) is 2.25. The minimum absolute atomic E-state index is 0.199.